The van der Waals surface area contributed by atoms with Gasteiger partial charge in [0.05, 0.1) is 0 Å². The summed E-state index contributed by atoms with van der Waals surface area (Å²) in [7, 11) is 0. The van der Waals surface area contributed by atoms with Crippen LogP contribution in [0, 0.1) is 0 Å². The summed E-state index contributed by atoms with van der Waals surface area (Å²) in [6.45, 7) is 2.86. The number of aromatic amines is 1. The van der Waals surface area contributed by atoms with Crippen LogP contribution in [0.1, 0.15) is 31.4 Å². The Morgan fingerprint density at radius 1 is 1.14 bits per heavy atom. The van der Waals surface area contributed by atoms with Crippen molar-refractivity contribution in [3.8, 4) is 0 Å². The molecule has 2 aromatic rings. The van der Waals surface area contributed by atoms with Crippen molar-refractivity contribution in [2.24, 2.45) is 10.7 Å². The normalized spacial score (nSPS) is 17.1. The number of nitrogens with two attached hydrogens (primary N) is 1. The number of para-hydroxylation sites is 1. The molecule has 4 nitrogen and oxygen atoms in total. The van der Waals surface area contributed by atoms with E-state index in [1.807, 2.05) is 0 Å². The van der Waals surface area contributed by atoms with E-state index in [9.17, 15) is 0 Å². The highest BCUT2D eigenvalue weighted by atomic mass is 15.2. The number of guanidine groups is 1. The highest BCUT2D eigenvalue weighted by Crippen LogP contribution is 2.15. The first-order valence-corrected chi connectivity index (χ1v) is 7.94. The summed E-state index contributed by atoms with van der Waals surface area (Å²) < 4.78 is 0. The standard InChI is InChI=1S/C17H24N4/c18-17(21-11-5-1-2-6-12-21)19-10-9-15-13-14-7-3-4-8-16(14)20-15/h3-4,7-8,13,20H,1-2,5-6,9-12H2,(H2,18,19). The minimum Gasteiger partial charge on any atom is -0.370 e. The predicted molar refractivity (Wildman–Crippen MR) is 88.5 cm³/mol. The third-order valence-corrected chi connectivity index (χ3v) is 4.17. The molecular formula is C17H24N4. The molecule has 0 atom stereocenters. The van der Waals surface area contributed by atoms with E-state index in [2.05, 4.69) is 45.2 Å². The third-order valence-electron chi connectivity index (χ3n) is 4.17. The van der Waals surface area contributed by atoms with Crippen LogP contribution in [0.2, 0.25) is 0 Å². The second-order valence-corrected chi connectivity index (χ2v) is 5.77. The van der Waals surface area contributed by atoms with Gasteiger partial charge in [-0.15, -0.1) is 0 Å². The lowest BCUT2D eigenvalue weighted by atomic mass is 10.2. The second kappa shape index (κ2) is 6.66. The van der Waals surface area contributed by atoms with Crippen molar-refractivity contribution in [3.05, 3.63) is 36.0 Å². The number of hydrogen-bond donors (Lipinski definition) is 2. The topological polar surface area (TPSA) is 57.4 Å². The fourth-order valence-corrected chi connectivity index (χ4v) is 2.96. The van der Waals surface area contributed by atoms with Crippen LogP contribution in [0.25, 0.3) is 10.9 Å². The van der Waals surface area contributed by atoms with Crippen molar-refractivity contribution in [3.63, 3.8) is 0 Å². The maximum Gasteiger partial charge on any atom is 0.191 e. The van der Waals surface area contributed by atoms with Crippen LogP contribution in [0.15, 0.2) is 35.3 Å². The summed E-state index contributed by atoms with van der Waals surface area (Å²) in [5.41, 5.74) is 8.54. The smallest absolute Gasteiger partial charge is 0.191 e. The molecule has 0 spiro atoms. The van der Waals surface area contributed by atoms with Gasteiger partial charge in [-0.2, -0.15) is 0 Å². The molecule has 1 aliphatic rings. The number of fused-ring (bicyclic) bond motifs is 1. The fraction of sp³-hybridized carbons (Fsp3) is 0.471. The second-order valence-electron chi connectivity index (χ2n) is 5.77. The molecule has 1 aromatic heterocycles. The van der Waals surface area contributed by atoms with Crippen LogP contribution >= 0.6 is 0 Å². The average molecular weight is 284 g/mol. The Labute approximate surface area is 126 Å². The van der Waals surface area contributed by atoms with Crippen LogP contribution in [-0.2, 0) is 6.42 Å². The van der Waals surface area contributed by atoms with Gasteiger partial charge in [-0.25, -0.2) is 0 Å². The van der Waals surface area contributed by atoms with Gasteiger partial charge in [0.25, 0.3) is 0 Å². The summed E-state index contributed by atoms with van der Waals surface area (Å²) in [5.74, 6) is 0.716. The van der Waals surface area contributed by atoms with E-state index < -0.39 is 0 Å². The number of nitrogens with zero attached hydrogens (tertiary/aromatic N) is 2. The Morgan fingerprint density at radius 3 is 2.67 bits per heavy atom. The Balaban J connectivity index is 1.57. The first-order chi connectivity index (χ1) is 10.3. The Bertz CT molecular complexity index is 573. The van der Waals surface area contributed by atoms with Crippen molar-refractivity contribution in [2.75, 3.05) is 19.6 Å². The van der Waals surface area contributed by atoms with E-state index in [1.54, 1.807) is 0 Å². The lowest BCUT2D eigenvalue weighted by molar-refractivity contribution is 0.428. The minimum atomic E-state index is 0.716. The molecule has 4 heteroatoms. The largest absolute Gasteiger partial charge is 0.370 e. The van der Waals surface area contributed by atoms with Crippen LogP contribution in [0.4, 0.5) is 0 Å². The van der Waals surface area contributed by atoms with Crippen molar-refractivity contribution < 1.29 is 0 Å². The average Bonchev–Trinajstić information content (AvgIpc) is 2.71. The third kappa shape index (κ3) is 3.57. The molecule has 0 aliphatic carbocycles. The van der Waals surface area contributed by atoms with E-state index in [4.69, 9.17) is 5.73 Å². The van der Waals surface area contributed by atoms with E-state index in [1.165, 1.54) is 42.3 Å². The highest BCUT2D eigenvalue weighted by Gasteiger charge is 2.10. The monoisotopic (exact) mass is 284 g/mol. The van der Waals surface area contributed by atoms with Gasteiger partial charge in [-0.05, 0) is 30.4 Å². The fourth-order valence-electron chi connectivity index (χ4n) is 2.96. The molecule has 1 aromatic carbocycles. The Morgan fingerprint density at radius 2 is 1.90 bits per heavy atom. The number of aliphatic imine (C=N–C) groups is 1. The zero-order valence-electron chi connectivity index (χ0n) is 12.5. The molecule has 0 saturated carbocycles. The van der Waals surface area contributed by atoms with Gasteiger partial charge in [-0.1, -0.05) is 31.0 Å². The molecule has 3 rings (SSSR count). The first kappa shape index (κ1) is 14.0. The molecule has 2 heterocycles. The maximum absolute atomic E-state index is 6.12. The van der Waals surface area contributed by atoms with Gasteiger partial charge in [0.2, 0.25) is 0 Å². The number of hydrogen-bond acceptors (Lipinski definition) is 1. The van der Waals surface area contributed by atoms with Crippen molar-refractivity contribution in [1.29, 1.82) is 0 Å². The van der Waals surface area contributed by atoms with E-state index in [0.29, 0.717) is 5.96 Å². The molecule has 1 saturated heterocycles. The van der Waals surface area contributed by atoms with Crippen LogP contribution in [0.5, 0.6) is 0 Å². The zero-order chi connectivity index (χ0) is 14.5. The maximum atomic E-state index is 6.12. The zero-order valence-corrected chi connectivity index (χ0v) is 12.5. The number of benzene rings is 1. The van der Waals surface area contributed by atoms with Crippen LogP contribution < -0.4 is 5.73 Å². The van der Waals surface area contributed by atoms with Crippen molar-refractivity contribution >= 4 is 16.9 Å². The van der Waals surface area contributed by atoms with Crippen LogP contribution in [-0.4, -0.2) is 35.5 Å². The molecule has 112 valence electrons. The SMILES string of the molecule is NC(=NCCc1cc2ccccc2[nH]1)N1CCCCCC1. The molecule has 21 heavy (non-hydrogen) atoms. The van der Waals surface area contributed by atoms with Gasteiger partial charge in [-0.3, -0.25) is 4.99 Å². The van der Waals surface area contributed by atoms with Gasteiger partial charge in [0.15, 0.2) is 5.96 Å². The van der Waals surface area contributed by atoms with E-state index in [0.717, 1.165) is 26.1 Å². The van der Waals surface area contributed by atoms with Crippen molar-refractivity contribution in [1.82, 2.24) is 9.88 Å². The number of likely N-dealkylation sites (tertiary alicyclic amines) is 1. The van der Waals surface area contributed by atoms with E-state index >= 15 is 0 Å². The number of H-pyrrole nitrogens is 1. The molecule has 3 N–H and O–H groups in total. The predicted octanol–water partition coefficient (Wildman–Crippen LogP) is 2.90. The molecule has 0 radical (unpaired) electrons. The van der Waals surface area contributed by atoms with Gasteiger partial charge in [0, 0.05) is 37.3 Å². The Hall–Kier alpha value is -1.97. The molecule has 0 amide bonds. The van der Waals surface area contributed by atoms with Gasteiger partial charge in [0.1, 0.15) is 0 Å². The van der Waals surface area contributed by atoms with Gasteiger partial charge >= 0.3 is 0 Å². The summed E-state index contributed by atoms with van der Waals surface area (Å²) in [5, 5.41) is 1.26. The lowest BCUT2D eigenvalue weighted by Crippen LogP contribution is -2.38. The quantitative estimate of drug-likeness (QED) is 0.672. The minimum absolute atomic E-state index is 0.716. The van der Waals surface area contributed by atoms with Gasteiger partial charge < -0.3 is 15.6 Å². The summed E-state index contributed by atoms with van der Waals surface area (Å²) >= 11 is 0. The summed E-state index contributed by atoms with van der Waals surface area (Å²) in [6.07, 6.45) is 6.01. The highest BCUT2D eigenvalue weighted by molar-refractivity contribution is 5.80. The number of rotatable bonds is 3. The summed E-state index contributed by atoms with van der Waals surface area (Å²) in [4.78, 5) is 10.2. The summed E-state index contributed by atoms with van der Waals surface area (Å²) in [6, 6.07) is 10.6. The molecule has 0 bridgehead atoms. The Kier molecular flexibility index (Phi) is 4.43. The molecule has 1 aliphatic heterocycles. The molecule has 1 fully saturated rings. The molecule has 0 unspecified atom stereocenters. The number of nitrogens with one attached hydrogen (secondary N) is 1. The van der Waals surface area contributed by atoms with E-state index in [-0.39, 0.29) is 0 Å². The first-order valence-electron chi connectivity index (χ1n) is 7.94. The molecular weight excluding hydrogens is 260 g/mol. The number of aromatic nitrogens is 1. The van der Waals surface area contributed by atoms with Crippen LogP contribution in [0.3, 0.4) is 0 Å². The van der Waals surface area contributed by atoms with Crippen molar-refractivity contribution in [2.45, 2.75) is 32.1 Å². The lowest BCUT2D eigenvalue weighted by Gasteiger charge is -2.20.